The zero-order valence-electron chi connectivity index (χ0n) is 10.3. The van der Waals surface area contributed by atoms with Crippen LogP contribution in [0, 0.1) is 5.92 Å². The Hall–Kier alpha value is -0.730. The fourth-order valence-electron chi connectivity index (χ4n) is 1.97. The smallest absolute Gasteiger partial charge is 0.407 e. The van der Waals surface area contributed by atoms with Gasteiger partial charge in [-0.05, 0) is 39.5 Å². The highest BCUT2D eigenvalue weighted by Gasteiger charge is 2.30. The molecule has 0 aliphatic heterocycles. The van der Waals surface area contributed by atoms with E-state index in [1.54, 1.807) is 0 Å². The van der Waals surface area contributed by atoms with Gasteiger partial charge < -0.3 is 10.1 Å². The Balaban J connectivity index is 2.14. The van der Waals surface area contributed by atoms with E-state index in [1.807, 2.05) is 20.8 Å². The predicted molar refractivity (Wildman–Crippen MR) is 60.8 cm³/mol. The van der Waals surface area contributed by atoms with Crippen LogP contribution >= 0.6 is 0 Å². The lowest BCUT2D eigenvalue weighted by atomic mass is 9.78. The highest BCUT2D eigenvalue weighted by atomic mass is 16.6. The third kappa shape index (κ3) is 4.54. The van der Waals surface area contributed by atoms with Gasteiger partial charge in [0.05, 0.1) is 0 Å². The highest BCUT2D eigenvalue weighted by Crippen LogP contribution is 2.31. The summed E-state index contributed by atoms with van der Waals surface area (Å²) in [4.78, 5) is 11.4. The quantitative estimate of drug-likeness (QED) is 0.782. The first kappa shape index (κ1) is 12.3. The van der Waals surface area contributed by atoms with Crippen molar-refractivity contribution in [2.75, 3.05) is 0 Å². The van der Waals surface area contributed by atoms with Crippen molar-refractivity contribution in [2.24, 2.45) is 5.92 Å². The lowest BCUT2D eigenvalue weighted by Crippen LogP contribution is -2.46. The number of hydrogen-bond donors (Lipinski definition) is 1. The van der Waals surface area contributed by atoms with Crippen LogP contribution in [0.25, 0.3) is 0 Å². The summed E-state index contributed by atoms with van der Waals surface area (Å²) in [6.07, 6.45) is 4.48. The van der Waals surface area contributed by atoms with E-state index in [4.69, 9.17) is 4.74 Å². The zero-order valence-corrected chi connectivity index (χ0v) is 10.3. The molecule has 0 bridgehead atoms. The summed E-state index contributed by atoms with van der Waals surface area (Å²) < 4.78 is 5.19. The molecule has 1 fully saturated rings. The first-order chi connectivity index (χ1) is 6.90. The van der Waals surface area contributed by atoms with Crippen LogP contribution in [0.15, 0.2) is 0 Å². The molecule has 1 amide bonds. The van der Waals surface area contributed by atoms with Crippen molar-refractivity contribution < 1.29 is 9.53 Å². The van der Waals surface area contributed by atoms with Gasteiger partial charge in [-0.15, -0.1) is 0 Å². The Bertz CT molecular complexity index is 214. The van der Waals surface area contributed by atoms with Crippen molar-refractivity contribution >= 4 is 6.09 Å². The molecule has 0 unspecified atom stereocenters. The van der Waals surface area contributed by atoms with Crippen molar-refractivity contribution in [1.82, 2.24) is 5.32 Å². The summed E-state index contributed by atoms with van der Waals surface area (Å²) >= 11 is 0. The van der Waals surface area contributed by atoms with E-state index in [0.717, 1.165) is 18.8 Å². The number of hydrogen-bond acceptors (Lipinski definition) is 2. The normalized spacial score (nSPS) is 25.6. The summed E-state index contributed by atoms with van der Waals surface area (Å²) in [5.74, 6) is 0.815. The average Bonchev–Trinajstić information content (AvgIpc) is 1.97. The van der Waals surface area contributed by atoms with Gasteiger partial charge in [0.1, 0.15) is 5.60 Å². The molecule has 3 nitrogen and oxygen atoms in total. The van der Waals surface area contributed by atoms with Gasteiger partial charge in [-0.3, -0.25) is 0 Å². The summed E-state index contributed by atoms with van der Waals surface area (Å²) in [6, 6.07) is 0.344. The Morgan fingerprint density at radius 3 is 2.47 bits per heavy atom. The van der Waals surface area contributed by atoms with Crippen LogP contribution in [0.3, 0.4) is 0 Å². The second kappa shape index (κ2) is 4.86. The number of carbonyl (C=O) groups is 1. The number of ether oxygens (including phenoxy) is 1. The molecule has 0 aromatic heterocycles. The average molecular weight is 213 g/mol. The van der Waals surface area contributed by atoms with Crippen LogP contribution in [-0.2, 0) is 4.74 Å². The minimum Gasteiger partial charge on any atom is -0.444 e. The van der Waals surface area contributed by atoms with E-state index < -0.39 is 5.60 Å². The first-order valence-electron chi connectivity index (χ1n) is 5.90. The van der Waals surface area contributed by atoms with Gasteiger partial charge in [0, 0.05) is 6.04 Å². The van der Waals surface area contributed by atoms with Gasteiger partial charge in [-0.2, -0.15) is 0 Å². The SMILES string of the molecule is CCCC1CC(NC(=O)OC(C)(C)C)C1. The number of amides is 1. The Morgan fingerprint density at radius 2 is 2.00 bits per heavy atom. The molecule has 0 saturated heterocycles. The zero-order chi connectivity index (χ0) is 11.5. The van der Waals surface area contributed by atoms with Crippen LogP contribution in [0.4, 0.5) is 4.79 Å². The van der Waals surface area contributed by atoms with Crippen molar-refractivity contribution in [1.29, 1.82) is 0 Å². The van der Waals surface area contributed by atoms with E-state index >= 15 is 0 Å². The van der Waals surface area contributed by atoms with Crippen molar-refractivity contribution in [3.05, 3.63) is 0 Å². The first-order valence-corrected chi connectivity index (χ1v) is 5.90. The van der Waals surface area contributed by atoms with Crippen LogP contribution in [-0.4, -0.2) is 17.7 Å². The Kier molecular flexibility index (Phi) is 4.00. The molecular formula is C12H23NO2. The van der Waals surface area contributed by atoms with Crippen molar-refractivity contribution in [3.8, 4) is 0 Å². The molecule has 1 rings (SSSR count). The van der Waals surface area contributed by atoms with Crippen molar-refractivity contribution in [3.63, 3.8) is 0 Å². The van der Waals surface area contributed by atoms with Gasteiger partial charge in [-0.1, -0.05) is 19.8 Å². The third-order valence-corrected chi connectivity index (χ3v) is 2.65. The maximum Gasteiger partial charge on any atom is 0.407 e. The fourth-order valence-corrected chi connectivity index (χ4v) is 1.97. The summed E-state index contributed by atoms with van der Waals surface area (Å²) in [5, 5.41) is 2.90. The highest BCUT2D eigenvalue weighted by molar-refractivity contribution is 5.68. The Morgan fingerprint density at radius 1 is 1.40 bits per heavy atom. The number of carbonyl (C=O) groups excluding carboxylic acids is 1. The molecule has 15 heavy (non-hydrogen) atoms. The molecule has 3 heteroatoms. The van der Waals surface area contributed by atoms with Crippen LogP contribution in [0.1, 0.15) is 53.4 Å². The molecule has 1 saturated carbocycles. The molecule has 0 aromatic carbocycles. The molecular weight excluding hydrogens is 190 g/mol. The van der Waals surface area contributed by atoms with Gasteiger partial charge in [0.2, 0.25) is 0 Å². The molecule has 1 aliphatic rings. The number of rotatable bonds is 3. The summed E-state index contributed by atoms with van der Waals surface area (Å²) in [5.41, 5.74) is -0.392. The third-order valence-electron chi connectivity index (χ3n) is 2.65. The Labute approximate surface area is 92.6 Å². The van der Waals surface area contributed by atoms with E-state index in [2.05, 4.69) is 12.2 Å². The van der Waals surface area contributed by atoms with E-state index in [9.17, 15) is 4.79 Å². The van der Waals surface area contributed by atoms with E-state index in [1.165, 1.54) is 12.8 Å². The lowest BCUT2D eigenvalue weighted by molar-refractivity contribution is 0.0449. The van der Waals surface area contributed by atoms with Gasteiger partial charge in [0.25, 0.3) is 0 Å². The van der Waals surface area contributed by atoms with Crippen LogP contribution in [0.5, 0.6) is 0 Å². The summed E-state index contributed by atoms with van der Waals surface area (Å²) in [7, 11) is 0. The molecule has 88 valence electrons. The molecule has 0 atom stereocenters. The molecule has 1 aliphatic carbocycles. The van der Waals surface area contributed by atoms with Gasteiger partial charge >= 0.3 is 6.09 Å². The van der Waals surface area contributed by atoms with Crippen LogP contribution < -0.4 is 5.32 Å². The topological polar surface area (TPSA) is 38.3 Å². The minimum atomic E-state index is -0.392. The number of alkyl carbamates (subject to hydrolysis) is 1. The van der Waals surface area contributed by atoms with Crippen LogP contribution in [0.2, 0.25) is 0 Å². The van der Waals surface area contributed by atoms with E-state index in [-0.39, 0.29) is 6.09 Å². The minimum absolute atomic E-state index is 0.276. The largest absolute Gasteiger partial charge is 0.444 e. The second-order valence-electron chi connectivity index (χ2n) is 5.47. The second-order valence-corrected chi connectivity index (χ2v) is 5.47. The van der Waals surface area contributed by atoms with Gasteiger partial charge in [0.15, 0.2) is 0 Å². The maximum absolute atomic E-state index is 11.4. The van der Waals surface area contributed by atoms with E-state index in [0.29, 0.717) is 6.04 Å². The summed E-state index contributed by atoms with van der Waals surface area (Å²) in [6.45, 7) is 7.85. The standard InChI is InChI=1S/C12H23NO2/c1-5-6-9-7-10(8-9)13-11(14)15-12(2,3)4/h9-10H,5-8H2,1-4H3,(H,13,14). The molecule has 0 heterocycles. The fraction of sp³-hybridized carbons (Fsp3) is 0.917. The molecule has 0 spiro atoms. The molecule has 0 aromatic rings. The lowest BCUT2D eigenvalue weighted by Gasteiger charge is -2.36. The number of nitrogens with one attached hydrogen (secondary N) is 1. The van der Waals surface area contributed by atoms with Crippen molar-refractivity contribution in [2.45, 2.75) is 65.0 Å². The monoisotopic (exact) mass is 213 g/mol. The van der Waals surface area contributed by atoms with Gasteiger partial charge in [-0.25, -0.2) is 4.79 Å². The molecule has 1 N–H and O–H groups in total. The molecule has 0 radical (unpaired) electrons. The maximum atomic E-state index is 11.4. The predicted octanol–water partition coefficient (Wildman–Crippen LogP) is 3.09.